The summed E-state index contributed by atoms with van der Waals surface area (Å²) < 4.78 is 6.14. The minimum atomic E-state index is 0.0159. The van der Waals surface area contributed by atoms with Crippen LogP contribution in [0.4, 0.5) is 5.69 Å². The summed E-state index contributed by atoms with van der Waals surface area (Å²) in [6.07, 6.45) is 0. The molecule has 0 fully saturated rings. The molecule has 0 spiro atoms. The fourth-order valence-corrected chi connectivity index (χ4v) is 4.28. The largest absolute Gasteiger partial charge is 0.372 e. The first kappa shape index (κ1) is 20.9. The molecule has 162 valence electrons. The maximum Gasteiger partial charge on any atom is 0.259 e. The number of amides is 1. The molecule has 0 bridgehead atoms. The van der Waals surface area contributed by atoms with Gasteiger partial charge in [0.05, 0.1) is 31.0 Å². The Labute approximate surface area is 194 Å². The minimum absolute atomic E-state index is 0.0159. The van der Waals surface area contributed by atoms with Gasteiger partial charge in [-0.25, -0.2) is 0 Å². The average Bonchev–Trinajstić information content (AvgIpc) is 3.15. The van der Waals surface area contributed by atoms with E-state index in [0.29, 0.717) is 19.8 Å². The van der Waals surface area contributed by atoms with E-state index in [9.17, 15) is 4.79 Å². The number of ether oxygens (including phenoxy) is 1. The van der Waals surface area contributed by atoms with Crippen LogP contribution in [0.5, 0.6) is 0 Å². The molecule has 1 aliphatic heterocycles. The van der Waals surface area contributed by atoms with Crippen LogP contribution in [0, 0.1) is 0 Å². The molecule has 0 unspecified atom stereocenters. The van der Waals surface area contributed by atoms with Crippen LogP contribution in [0.15, 0.2) is 115 Å². The van der Waals surface area contributed by atoms with Gasteiger partial charge in [-0.2, -0.15) is 0 Å². The molecular weight excluding hydrogens is 406 g/mol. The SMILES string of the molecule is O=C1/C(=C(\COCc2ccccc2)c2ccccc2)c2ccccc2N1Cc1ccccc1. The lowest BCUT2D eigenvalue weighted by Gasteiger charge is -2.18. The Morgan fingerprint density at radius 1 is 0.667 bits per heavy atom. The van der Waals surface area contributed by atoms with Gasteiger partial charge in [-0.1, -0.05) is 109 Å². The van der Waals surface area contributed by atoms with Crippen LogP contribution in [-0.2, 0) is 22.7 Å². The van der Waals surface area contributed by atoms with E-state index in [1.807, 2.05) is 108 Å². The number of hydrogen-bond donors (Lipinski definition) is 0. The number of nitrogens with zero attached hydrogens (tertiary/aromatic N) is 1. The van der Waals surface area contributed by atoms with Crippen molar-refractivity contribution in [3.63, 3.8) is 0 Å². The molecule has 0 radical (unpaired) electrons. The molecule has 3 heteroatoms. The summed E-state index contributed by atoms with van der Waals surface area (Å²) in [6, 6.07) is 38.3. The summed E-state index contributed by atoms with van der Waals surface area (Å²) in [5.41, 5.74) is 6.76. The molecule has 1 heterocycles. The Morgan fingerprint density at radius 3 is 1.94 bits per heavy atom. The number of fused-ring (bicyclic) bond motifs is 1. The zero-order chi connectivity index (χ0) is 22.5. The first-order valence-corrected chi connectivity index (χ1v) is 11.2. The average molecular weight is 432 g/mol. The molecular formula is C30H25NO2. The Bertz CT molecular complexity index is 1260. The highest BCUT2D eigenvalue weighted by atomic mass is 16.5. The van der Waals surface area contributed by atoms with Crippen molar-refractivity contribution in [2.75, 3.05) is 11.5 Å². The van der Waals surface area contributed by atoms with Gasteiger partial charge in [0, 0.05) is 5.56 Å². The van der Waals surface area contributed by atoms with Gasteiger partial charge in [0.25, 0.3) is 5.91 Å². The fourth-order valence-electron chi connectivity index (χ4n) is 4.28. The van der Waals surface area contributed by atoms with Crippen molar-refractivity contribution in [3.05, 3.63) is 138 Å². The van der Waals surface area contributed by atoms with E-state index in [1.165, 1.54) is 0 Å². The Kier molecular flexibility index (Phi) is 6.14. The van der Waals surface area contributed by atoms with Crippen LogP contribution in [0.25, 0.3) is 11.1 Å². The highest BCUT2D eigenvalue weighted by Gasteiger charge is 2.34. The van der Waals surface area contributed by atoms with Gasteiger partial charge < -0.3 is 9.64 Å². The van der Waals surface area contributed by atoms with E-state index < -0.39 is 0 Å². The van der Waals surface area contributed by atoms with Crippen LogP contribution >= 0.6 is 0 Å². The smallest absolute Gasteiger partial charge is 0.259 e. The van der Waals surface area contributed by atoms with Crippen LogP contribution in [-0.4, -0.2) is 12.5 Å². The topological polar surface area (TPSA) is 29.5 Å². The number of para-hydroxylation sites is 1. The monoisotopic (exact) mass is 431 g/mol. The zero-order valence-corrected chi connectivity index (χ0v) is 18.4. The van der Waals surface area contributed by atoms with E-state index >= 15 is 0 Å². The zero-order valence-electron chi connectivity index (χ0n) is 18.4. The first-order valence-electron chi connectivity index (χ1n) is 11.2. The predicted molar refractivity (Wildman–Crippen MR) is 133 cm³/mol. The molecule has 1 amide bonds. The lowest BCUT2D eigenvalue weighted by atomic mass is 9.96. The van der Waals surface area contributed by atoms with Crippen LogP contribution in [0.1, 0.15) is 22.3 Å². The number of hydrogen-bond acceptors (Lipinski definition) is 2. The molecule has 5 rings (SSSR count). The molecule has 4 aromatic rings. The maximum absolute atomic E-state index is 13.8. The lowest BCUT2D eigenvalue weighted by molar-refractivity contribution is -0.113. The maximum atomic E-state index is 13.8. The lowest BCUT2D eigenvalue weighted by Crippen LogP contribution is -2.26. The molecule has 0 saturated carbocycles. The second-order valence-electron chi connectivity index (χ2n) is 8.09. The molecule has 4 aromatic carbocycles. The van der Waals surface area contributed by atoms with E-state index in [1.54, 1.807) is 0 Å². The minimum Gasteiger partial charge on any atom is -0.372 e. The molecule has 0 N–H and O–H groups in total. The standard InChI is InChI=1S/C30H25NO2/c32-30-29(26-18-10-11-19-28(26)31(30)20-23-12-4-1-5-13-23)27(25-16-8-3-9-17-25)22-33-21-24-14-6-2-7-15-24/h1-19H,20-22H2/b29-27+. The number of benzene rings is 4. The summed E-state index contributed by atoms with van der Waals surface area (Å²) in [5.74, 6) is 0.0159. The third-order valence-electron chi connectivity index (χ3n) is 5.89. The van der Waals surface area contributed by atoms with Crippen LogP contribution in [0.2, 0.25) is 0 Å². The van der Waals surface area contributed by atoms with E-state index in [0.717, 1.165) is 39.1 Å². The molecule has 0 saturated heterocycles. The van der Waals surface area contributed by atoms with Gasteiger partial charge in [-0.3, -0.25) is 4.79 Å². The van der Waals surface area contributed by atoms with Crippen molar-refractivity contribution >= 4 is 22.7 Å². The van der Waals surface area contributed by atoms with Gasteiger partial charge in [0.2, 0.25) is 0 Å². The second-order valence-corrected chi connectivity index (χ2v) is 8.09. The van der Waals surface area contributed by atoms with E-state index in [2.05, 4.69) is 12.1 Å². The van der Waals surface area contributed by atoms with Crippen molar-refractivity contribution in [1.82, 2.24) is 0 Å². The van der Waals surface area contributed by atoms with Crippen molar-refractivity contribution in [2.24, 2.45) is 0 Å². The molecule has 0 atom stereocenters. The first-order chi connectivity index (χ1) is 16.3. The molecule has 0 aromatic heterocycles. The van der Waals surface area contributed by atoms with E-state index in [4.69, 9.17) is 4.74 Å². The van der Waals surface area contributed by atoms with Crippen molar-refractivity contribution in [2.45, 2.75) is 13.2 Å². The van der Waals surface area contributed by atoms with Gasteiger partial charge >= 0.3 is 0 Å². The normalized spacial score (nSPS) is 14.3. The van der Waals surface area contributed by atoms with Crippen LogP contribution in [0.3, 0.4) is 0 Å². The second kappa shape index (κ2) is 9.68. The fraction of sp³-hybridized carbons (Fsp3) is 0.100. The van der Waals surface area contributed by atoms with Gasteiger partial charge in [-0.15, -0.1) is 0 Å². The predicted octanol–water partition coefficient (Wildman–Crippen LogP) is 6.36. The summed E-state index contributed by atoms with van der Waals surface area (Å²) in [7, 11) is 0. The summed E-state index contributed by atoms with van der Waals surface area (Å²) in [5, 5.41) is 0. The quantitative estimate of drug-likeness (QED) is 0.319. The highest BCUT2D eigenvalue weighted by Crippen LogP contribution is 2.41. The Morgan fingerprint density at radius 2 is 1.24 bits per heavy atom. The highest BCUT2D eigenvalue weighted by molar-refractivity contribution is 6.37. The summed E-state index contributed by atoms with van der Waals surface area (Å²) in [6.45, 7) is 1.38. The number of carbonyl (C=O) groups excluding carboxylic acids is 1. The Hall–Kier alpha value is -3.95. The number of anilines is 1. The van der Waals surface area contributed by atoms with Gasteiger partial charge in [0.1, 0.15) is 0 Å². The molecule has 33 heavy (non-hydrogen) atoms. The summed E-state index contributed by atoms with van der Waals surface area (Å²) in [4.78, 5) is 15.7. The van der Waals surface area contributed by atoms with Gasteiger partial charge in [0.15, 0.2) is 0 Å². The molecule has 3 nitrogen and oxygen atoms in total. The third-order valence-corrected chi connectivity index (χ3v) is 5.89. The Balaban J connectivity index is 1.54. The van der Waals surface area contributed by atoms with Crippen LogP contribution < -0.4 is 4.90 Å². The third kappa shape index (κ3) is 4.50. The number of rotatable bonds is 7. The molecule has 1 aliphatic rings. The van der Waals surface area contributed by atoms with Crippen molar-refractivity contribution < 1.29 is 9.53 Å². The van der Waals surface area contributed by atoms with Crippen molar-refractivity contribution in [3.8, 4) is 0 Å². The molecule has 0 aliphatic carbocycles. The van der Waals surface area contributed by atoms with Crippen molar-refractivity contribution in [1.29, 1.82) is 0 Å². The van der Waals surface area contributed by atoms with Gasteiger partial charge in [-0.05, 0) is 28.3 Å². The summed E-state index contributed by atoms with van der Waals surface area (Å²) >= 11 is 0. The van der Waals surface area contributed by atoms with E-state index in [-0.39, 0.29) is 5.91 Å². The number of carbonyl (C=O) groups is 1.